The Hall–Kier alpha value is -4.49. The van der Waals surface area contributed by atoms with Crippen molar-refractivity contribution < 1.29 is 43.5 Å². The van der Waals surface area contributed by atoms with E-state index < -0.39 is 18.1 Å². The molecule has 13 heteroatoms. The second kappa shape index (κ2) is 16.9. The third kappa shape index (κ3) is 9.19. The Kier molecular flexibility index (Phi) is 12.5. The summed E-state index contributed by atoms with van der Waals surface area (Å²) in [5.41, 5.74) is 3.78. The highest BCUT2D eigenvalue weighted by atomic mass is 35.5. The predicted molar refractivity (Wildman–Crippen MR) is 189 cm³/mol. The van der Waals surface area contributed by atoms with Crippen molar-refractivity contribution in [3.05, 3.63) is 94.3 Å². The molecule has 0 saturated heterocycles. The Bertz CT molecular complexity index is 1840. The number of nitrogens with zero attached hydrogens (tertiary/aromatic N) is 1. The number of ether oxygens (including phenoxy) is 5. The minimum absolute atomic E-state index is 0.0387. The van der Waals surface area contributed by atoms with E-state index in [1.165, 1.54) is 25.8 Å². The molecular formula is C37H39ClN2O9S. The zero-order chi connectivity index (χ0) is 35.7. The summed E-state index contributed by atoms with van der Waals surface area (Å²) in [6.45, 7) is 4.24. The fourth-order valence-electron chi connectivity index (χ4n) is 5.10. The summed E-state index contributed by atoms with van der Waals surface area (Å²) in [7, 11) is 1.36. The molecular weight excluding hydrogens is 684 g/mol. The lowest BCUT2D eigenvalue weighted by Crippen LogP contribution is -2.52. The molecule has 1 atom stereocenters. The summed E-state index contributed by atoms with van der Waals surface area (Å²) in [4.78, 5) is 28.5. The Morgan fingerprint density at radius 1 is 1.00 bits per heavy atom. The topological polar surface area (TPSA) is 146 Å². The standard InChI is InChI=1S/C37H39ClN2O9S/c1-23-26(5-4-6-29(23)25-7-8-31-34(15-25)47-11-10-46-31)21-49-33-16-32(27(14-30(33)38)18-40-37(2,22-41)36(43)44)48-20-24-13-28(19-39-17-24)50-12-9-35(42)45-3/h4-8,13-17,19,40-41H,9-12,18,20-22H2,1-3H3,(H,43,44). The maximum atomic E-state index is 11.8. The lowest BCUT2D eigenvalue weighted by Gasteiger charge is -2.25. The van der Waals surface area contributed by atoms with Crippen molar-refractivity contribution in [1.82, 2.24) is 10.3 Å². The van der Waals surface area contributed by atoms with Crippen LogP contribution in [0.5, 0.6) is 23.0 Å². The minimum atomic E-state index is -1.58. The highest BCUT2D eigenvalue weighted by Crippen LogP contribution is 2.38. The maximum absolute atomic E-state index is 11.8. The number of aromatic nitrogens is 1. The van der Waals surface area contributed by atoms with Crippen LogP contribution in [-0.4, -0.2) is 65.4 Å². The number of hydrogen-bond donors (Lipinski definition) is 3. The molecule has 0 aliphatic carbocycles. The first-order valence-corrected chi connectivity index (χ1v) is 17.3. The number of rotatable bonds is 16. The van der Waals surface area contributed by atoms with Crippen molar-refractivity contribution in [3.8, 4) is 34.1 Å². The number of aliphatic hydroxyl groups is 1. The summed E-state index contributed by atoms with van der Waals surface area (Å²) in [5.74, 6) is 1.29. The van der Waals surface area contributed by atoms with Gasteiger partial charge in [0, 0.05) is 46.8 Å². The number of fused-ring (bicyclic) bond motifs is 1. The number of benzene rings is 3. The third-order valence-corrected chi connectivity index (χ3v) is 9.48. The number of hydrogen-bond acceptors (Lipinski definition) is 11. The fourth-order valence-corrected chi connectivity index (χ4v) is 6.22. The van der Waals surface area contributed by atoms with Crippen LogP contribution in [0.1, 0.15) is 35.6 Å². The first kappa shape index (κ1) is 36.8. The van der Waals surface area contributed by atoms with Crippen LogP contribution in [0, 0.1) is 6.92 Å². The highest BCUT2D eigenvalue weighted by molar-refractivity contribution is 7.99. The third-order valence-electron chi connectivity index (χ3n) is 8.22. The molecule has 50 heavy (non-hydrogen) atoms. The molecule has 4 aromatic rings. The summed E-state index contributed by atoms with van der Waals surface area (Å²) in [6.07, 6.45) is 3.67. The maximum Gasteiger partial charge on any atom is 0.326 e. The van der Waals surface area contributed by atoms with E-state index in [2.05, 4.69) is 10.3 Å². The molecule has 3 aromatic carbocycles. The molecule has 1 aromatic heterocycles. The van der Waals surface area contributed by atoms with E-state index in [9.17, 15) is 19.8 Å². The van der Waals surface area contributed by atoms with Crippen LogP contribution in [0.15, 0.2) is 71.9 Å². The van der Waals surface area contributed by atoms with Crippen LogP contribution in [0.25, 0.3) is 11.1 Å². The van der Waals surface area contributed by atoms with Crippen molar-refractivity contribution in [2.45, 2.75) is 50.5 Å². The van der Waals surface area contributed by atoms with E-state index in [4.69, 9.17) is 35.3 Å². The van der Waals surface area contributed by atoms with Crippen LogP contribution in [-0.2, 0) is 34.1 Å². The van der Waals surface area contributed by atoms with E-state index in [0.717, 1.165) is 38.5 Å². The van der Waals surface area contributed by atoms with Crippen molar-refractivity contribution in [2.24, 2.45) is 0 Å². The number of pyridine rings is 1. The van der Waals surface area contributed by atoms with Gasteiger partial charge in [-0.25, -0.2) is 0 Å². The molecule has 0 bridgehead atoms. The van der Waals surface area contributed by atoms with Gasteiger partial charge in [0.1, 0.15) is 43.5 Å². The zero-order valence-electron chi connectivity index (χ0n) is 28.0. The number of aliphatic carboxylic acids is 1. The number of carboxylic acid groups (broad SMARTS) is 1. The highest BCUT2D eigenvalue weighted by Gasteiger charge is 2.32. The number of methoxy groups -OCH3 is 1. The van der Waals surface area contributed by atoms with Crippen LogP contribution in [0.4, 0.5) is 0 Å². The molecule has 264 valence electrons. The van der Waals surface area contributed by atoms with Gasteiger partial charge in [-0.3, -0.25) is 19.9 Å². The van der Waals surface area contributed by atoms with Crippen LogP contribution >= 0.6 is 23.4 Å². The number of nitrogens with one attached hydrogen (secondary N) is 1. The number of thioether (sulfide) groups is 1. The van der Waals surface area contributed by atoms with Gasteiger partial charge in [0.05, 0.1) is 25.2 Å². The van der Waals surface area contributed by atoms with Crippen molar-refractivity contribution in [3.63, 3.8) is 0 Å². The molecule has 1 unspecified atom stereocenters. The average molecular weight is 723 g/mol. The molecule has 5 rings (SSSR count). The lowest BCUT2D eigenvalue weighted by molar-refractivity contribution is -0.146. The summed E-state index contributed by atoms with van der Waals surface area (Å²) < 4.78 is 28.7. The molecule has 0 spiro atoms. The van der Waals surface area contributed by atoms with Crippen LogP contribution in [0.3, 0.4) is 0 Å². The molecule has 0 radical (unpaired) electrons. The summed E-state index contributed by atoms with van der Waals surface area (Å²) >= 11 is 8.20. The molecule has 11 nitrogen and oxygen atoms in total. The van der Waals surface area contributed by atoms with Gasteiger partial charge in [-0.1, -0.05) is 35.9 Å². The molecule has 0 amide bonds. The SMILES string of the molecule is COC(=O)CCSc1cncc(COc2cc(OCc3cccc(-c4ccc5c(c4)OCCO5)c3C)c(Cl)cc2CNC(C)(CO)C(=O)O)c1. The van der Waals surface area contributed by atoms with E-state index in [0.29, 0.717) is 46.8 Å². The largest absolute Gasteiger partial charge is 0.488 e. The van der Waals surface area contributed by atoms with E-state index in [1.807, 2.05) is 49.4 Å². The monoisotopic (exact) mass is 722 g/mol. The van der Waals surface area contributed by atoms with E-state index in [-0.39, 0.29) is 32.1 Å². The van der Waals surface area contributed by atoms with Gasteiger partial charge < -0.3 is 33.9 Å². The Morgan fingerprint density at radius 3 is 2.54 bits per heavy atom. The molecule has 2 heterocycles. The molecule has 3 N–H and O–H groups in total. The average Bonchev–Trinajstić information content (AvgIpc) is 3.13. The van der Waals surface area contributed by atoms with Gasteiger partial charge in [-0.2, -0.15) is 0 Å². The smallest absolute Gasteiger partial charge is 0.326 e. The Labute approximate surface area is 299 Å². The number of carboxylic acids is 1. The summed E-state index contributed by atoms with van der Waals surface area (Å²) in [6, 6.07) is 17.2. The molecule has 1 aliphatic heterocycles. The van der Waals surface area contributed by atoms with Crippen LogP contribution < -0.4 is 24.3 Å². The van der Waals surface area contributed by atoms with Gasteiger partial charge >= 0.3 is 11.9 Å². The lowest BCUT2D eigenvalue weighted by atomic mass is 9.96. The van der Waals surface area contributed by atoms with Crippen LogP contribution in [0.2, 0.25) is 5.02 Å². The zero-order valence-corrected chi connectivity index (χ0v) is 29.6. The number of aliphatic hydroxyl groups excluding tert-OH is 1. The Balaban J connectivity index is 1.35. The summed E-state index contributed by atoms with van der Waals surface area (Å²) in [5, 5.41) is 22.6. The van der Waals surface area contributed by atoms with Crippen molar-refractivity contribution in [1.29, 1.82) is 0 Å². The molecule has 0 fully saturated rings. The Morgan fingerprint density at radius 2 is 1.78 bits per heavy atom. The second-order valence-corrected chi connectivity index (χ2v) is 13.3. The first-order valence-electron chi connectivity index (χ1n) is 15.9. The van der Waals surface area contributed by atoms with Crippen molar-refractivity contribution in [2.75, 3.05) is 32.7 Å². The van der Waals surface area contributed by atoms with E-state index >= 15 is 0 Å². The number of halogens is 1. The molecule has 0 saturated carbocycles. The van der Waals surface area contributed by atoms with Gasteiger partial charge in [-0.05, 0) is 60.4 Å². The number of esters is 1. The quantitative estimate of drug-likeness (QED) is 0.0892. The first-order chi connectivity index (χ1) is 24.1. The number of carbonyl (C=O) groups is 2. The van der Waals surface area contributed by atoms with Gasteiger partial charge in [0.25, 0.3) is 0 Å². The molecule has 1 aliphatic rings. The van der Waals surface area contributed by atoms with Gasteiger partial charge in [0.15, 0.2) is 11.5 Å². The normalized spacial score (nSPS) is 13.3. The second-order valence-electron chi connectivity index (χ2n) is 11.8. The van der Waals surface area contributed by atoms with E-state index in [1.54, 1.807) is 24.5 Å². The minimum Gasteiger partial charge on any atom is -0.488 e. The number of carbonyl (C=O) groups excluding carboxylic acids is 1. The van der Waals surface area contributed by atoms with Gasteiger partial charge in [-0.15, -0.1) is 11.8 Å². The van der Waals surface area contributed by atoms with Gasteiger partial charge in [0.2, 0.25) is 0 Å². The fraction of sp³-hybridized carbons (Fsp3) is 0.324. The van der Waals surface area contributed by atoms with Crippen molar-refractivity contribution >= 4 is 35.3 Å². The predicted octanol–water partition coefficient (Wildman–Crippen LogP) is 6.22.